The summed E-state index contributed by atoms with van der Waals surface area (Å²) in [5.41, 5.74) is 5.85. The molecule has 1 atom stereocenters. The monoisotopic (exact) mass is 254 g/mol. The van der Waals surface area contributed by atoms with Gasteiger partial charge in [-0.1, -0.05) is 13.0 Å². The number of carbonyl (C=O) groups excluding carboxylic acids is 1. The van der Waals surface area contributed by atoms with Gasteiger partial charge >= 0.3 is 0 Å². The molecule has 1 aromatic carbocycles. The fourth-order valence-electron chi connectivity index (χ4n) is 1.24. The van der Waals surface area contributed by atoms with Crippen LogP contribution in [-0.2, 0) is 9.53 Å². The van der Waals surface area contributed by atoms with E-state index in [-0.39, 0.29) is 12.5 Å². The quantitative estimate of drug-likeness (QED) is 0.815. The van der Waals surface area contributed by atoms with E-state index in [2.05, 4.69) is 5.32 Å². The van der Waals surface area contributed by atoms with Crippen molar-refractivity contribution in [3.63, 3.8) is 0 Å². The molecule has 1 rings (SSSR count). The molecule has 4 nitrogen and oxygen atoms in total. The Labute approximate surface area is 106 Å². The van der Waals surface area contributed by atoms with Gasteiger partial charge in [-0.25, -0.2) is 4.39 Å². The topological polar surface area (TPSA) is 64.3 Å². The van der Waals surface area contributed by atoms with E-state index in [0.29, 0.717) is 12.3 Å². The van der Waals surface area contributed by atoms with Crippen molar-refractivity contribution in [1.82, 2.24) is 0 Å². The first-order chi connectivity index (χ1) is 8.43. The number of amides is 1. The van der Waals surface area contributed by atoms with Crippen molar-refractivity contribution in [3.8, 4) is 0 Å². The SMILES string of the molecule is CCC(C)(N)COCC(=O)Nc1cccc(F)c1. The molecule has 3 N–H and O–H groups in total. The van der Waals surface area contributed by atoms with Gasteiger partial charge in [0.2, 0.25) is 5.91 Å². The molecule has 0 bridgehead atoms. The molecule has 1 aromatic rings. The third-order valence-electron chi connectivity index (χ3n) is 2.58. The van der Waals surface area contributed by atoms with Crippen LogP contribution >= 0.6 is 0 Å². The standard InChI is InChI=1S/C13H19FN2O2/c1-3-13(2,15)9-18-8-12(17)16-11-6-4-5-10(14)7-11/h4-7H,3,8-9,15H2,1-2H3,(H,16,17). The van der Waals surface area contributed by atoms with E-state index in [1.54, 1.807) is 6.07 Å². The van der Waals surface area contributed by atoms with Gasteiger partial charge in [-0.3, -0.25) is 4.79 Å². The average Bonchev–Trinajstić information content (AvgIpc) is 2.28. The normalized spacial score (nSPS) is 14.0. The van der Waals surface area contributed by atoms with Crippen LogP contribution < -0.4 is 11.1 Å². The molecule has 1 amide bonds. The number of carbonyl (C=O) groups is 1. The molecule has 5 heteroatoms. The number of nitrogens with one attached hydrogen (secondary N) is 1. The van der Waals surface area contributed by atoms with Gasteiger partial charge in [-0.05, 0) is 31.5 Å². The summed E-state index contributed by atoms with van der Waals surface area (Å²) in [5, 5.41) is 2.54. The van der Waals surface area contributed by atoms with Gasteiger partial charge in [0.15, 0.2) is 0 Å². The zero-order valence-corrected chi connectivity index (χ0v) is 10.7. The molecule has 0 heterocycles. The molecule has 18 heavy (non-hydrogen) atoms. The number of ether oxygens (including phenoxy) is 1. The largest absolute Gasteiger partial charge is 0.370 e. The predicted molar refractivity (Wildman–Crippen MR) is 68.7 cm³/mol. The molecule has 0 aliphatic rings. The number of nitrogens with two attached hydrogens (primary N) is 1. The first-order valence-electron chi connectivity index (χ1n) is 5.85. The second-order valence-corrected chi connectivity index (χ2v) is 4.56. The highest BCUT2D eigenvalue weighted by molar-refractivity contribution is 5.91. The molecule has 0 radical (unpaired) electrons. The highest BCUT2D eigenvalue weighted by Gasteiger charge is 2.16. The minimum absolute atomic E-state index is 0.0939. The third-order valence-corrected chi connectivity index (χ3v) is 2.58. The molecule has 0 aliphatic carbocycles. The van der Waals surface area contributed by atoms with Crippen LogP contribution in [0.25, 0.3) is 0 Å². The third kappa shape index (κ3) is 5.25. The second-order valence-electron chi connectivity index (χ2n) is 4.56. The minimum Gasteiger partial charge on any atom is -0.370 e. The highest BCUT2D eigenvalue weighted by Crippen LogP contribution is 2.09. The molecule has 0 spiro atoms. The zero-order chi connectivity index (χ0) is 13.6. The summed E-state index contributed by atoms with van der Waals surface area (Å²) in [6.45, 7) is 4.02. The number of hydrogen-bond donors (Lipinski definition) is 2. The molecule has 0 aliphatic heterocycles. The van der Waals surface area contributed by atoms with Crippen molar-refractivity contribution in [2.75, 3.05) is 18.5 Å². The van der Waals surface area contributed by atoms with E-state index in [1.165, 1.54) is 18.2 Å². The number of hydrogen-bond acceptors (Lipinski definition) is 3. The highest BCUT2D eigenvalue weighted by atomic mass is 19.1. The van der Waals surface area contributed by atoms with E-state index in [4.69, 9.17) is 10.5 Å². The number of halogens is 1. The smallest absolute Gasteiger partial charge is 0.250 e. The van der Waals surface area contributed by atoms with Crippen LogP contribution in [0.4, 0.5) is 10.1 Å². The van der Waals surface area contributed by atoms with Gasteiger partial charge < -0.3 is 15.8 Å². The van der Waals surface area contributed by atoms with Gasteiger partial charge in [0.1, 0.15) is 12.4 Å². The van der Waals surface area contributed by atoms with E-state index in [0.717, 1.165) is 6.42 Å². The molecule has 100 valence electrons. The molecule has 1 unspecified atom stereocenters. The predicted octanol–water partition coefficient (Wildman–Crippen LogP) is 1.91. The molecule has 0 saturated carbocycles. The Morgan fingerprint density at radius 1 is 1.56 bits per heavy atom. The van der Waals surface area contributed by atoms with Gasteiger partial charge in [0.25, 0.3) is 0 Å². The number of benzene rings is 1. The van der Waals surface area contributed by atoms with Gasteiger partial charge in [0, 0.05) is 11.2 Å². The molecule has 0 fully saturated rings. The van der Waals surface area contributed by atoms with E-state index < -0.39 is 11.4 Å². The van der Waals surface area contributed by atoms with E-state index in [9.17, 15) is 9.18 Å². The Bertz CT molecular complexity index is 408. The Balaban J connectivity index is 2.34. The lowest BCUT2D eigenvalue weighted by molar-refractivity contribution is -0.121. The van der Waals surface area contributed by atoms with Crippen LogP contribution in [0.3, 0.4) is 0 Å². The zero-order valence-electron chi connectivity index (χ0n) is 10.7. The van der Waals surface area contributed by atoms with Crippen molar-refractivity contribution >= 4 is 11.6 Å². The maximum atomic E-state index is 12.9. The molecular formula is C13H19FN2O2. The van der Waals surface area contributed by atoms with Crippen molar-refractivity contribution in [1.29, 1.82) is 0 Å². The summed E-state index contributed by atoms with van der Waals surface area (Å²) in [5.74, 6) is -0.721. The first kappa shape index (κ1) is 14.6. The Morgan fingerprint density at radius 3 is 2.89 bits per heavy atom. The van der Waals surface area contributed by atoms with Crippen LogP contribution in [0.5, 0.6) is 0 Å². The Hall–Kier alpha value is -1.46. The number of rotatable bonds is 6. The summed E-state index contributed by atoms with van der Waals surface area (Å²) in [4.78, 5) is 11.5. The maximum Gasteiger partial charge on any atom is 0.250 e. The van der Waals surface area contributed by atoms with Crippen LogP contribution in [0.15, 0.2) is 24.3 Å². The van der Waals surface area contributed by atoms with Crippen LogP contribution in [0.2, 0.25) is 0 Å². The Morgan fingerprint density at radius 2 is 2.28 bits per heavy atom. The van der Waals surface area contributed by atoms with Crippen molar-refractivity contribution in [3.05, 3.63) is 30.1 Å². The first-order valence-corrected chi connectivity index (χ1v) is 5.85. The summed E-state index contributed by atoms with van der Waals surface area (Å²) < 4.78 is 18.1. The summed E-state index contributed by atoms with van der Waals surface area (Å²) in [7, 11) is 0. The summed E-state index contributed by atoms with van der Waals surface area (Å²) in [6.07, 6.45) is 0.762. The van der Waals surface area contributed by atoms with Gasteiger partial charge in [0.05, 0.1) is 6.61 Å². The Kier molecular flexibility index (Phi) is 5.25. The van der Waals surface area contributed by atoms with Crippen LogP contribution in [0, 0.1) is 5.82 Å². The maximum absolute atomic E-state index is 12.9. The fraction of sp³-hybridized carbons (Fsp3) is 0.462. The van der Waals surface area contributed by atoms with Crippen molar-refractivity contribution in [2.24, 2.45) is 5.73 Å². The summed E-state index contributed by atoms with van der Waals surface area (Å²) in [6, 6.07) is 5.70. The average molecular weight is 254 g/mol. The molecule has 0 saturated heterocycles. The lowest BCUT2D eigenvalue weighted by Crippen LogP contribution is -2.41. The minimum atomic E-state index is -0.431. The second kappa shape index (κ2) is 6.47. The lowest BCUT2D eigenvalue weighted by Gasteiger charge is -2.22. The molecular weight excluding hydrogens is 235 g/mol. The lowest BCUT2D eigenvalue weighted by atomic mass is 10.0. The van der Waals surface area contributed by atoms with Crippen molar-refractivity contribution in [2.45, 2.75) is 25.8 Å². The summed E-state index contributed by atoms with van der Waals surface area (Å²) >= 11 is 0. The van der Waals surface area contributed by atoms with Crippen LogP contribution in [-0.4, -0.2) is 24.7 Å². The van der Waals surface area contributed by atoms with Crippen LogP contribution in [0.1, 0.15) is 20.3 Å². The van der Waals surface area contributed by atoms with E-state index in [1.807, 2.05) is 13.8 Å². The van der Waals surface area contributed by atoms with Gasteiger partial charge in [-0.2, -0.15) is 0 Å². The van der Waals surface area contributed by atoms with Gasteiger partial charge in [-0.15, -0.1) is 0 Å². The number of anilines is 1. The van der Waals surface area contributed by atoms with E-state index >= 15 is 0 Å². The van der Waals surface area contributed by atoms with Crippen molar-refractivity contribution < 1.29 is 13.9 Å². The fourth-order valence-corrected chi connectivity index (χ4v) is 1.24. The molecule has 0 aromatic heterocycles.